The molecule has 0 saturated carbocycles. The topological polar surface area (TPSA) is 78.0 Å². The lowest BCUT2D eigenvalue weighted by Crippen LogP contribution is -2.21. The van der Waals surface area contributed by atoms with Crippen LogP contribution in [0, 0.1) is 20.8 Å². The van der Waals surface area contributed by atoms with Gasteiger partial charge in [0, 0.05) is 6.20 Å². The number of aryl methyl sites for hydroxylation is 2. The maximum atomic E-state index is 12.8. The molecular formula is C16H14N6O. The van der Waals surface area contributed by atoms with E-state index in [2.05, 4.69) is 20.3 Å². The number of fused-ring (bicyclic) bond motifs is 3. The Bertz CT molecular complexity index is 1120. The fourth-order valence-corrected chi connectivity index (χ4v) is 2.69. The molecule has 0 aliphatic carbocycles. The Morgan fingerprint density at radius 3 is 2.70 bits per heavy atom. The van der Waals surface area contributed by atoms with E-state index in [0.29, 0.717) is 17.1 Å². The van der Waals surface area contributed by atoms with Crippen molar-refractivity contribution in [2.24, 2.45) is 0 Å². The minimum absolute atomic E-state index is 0.223. The van der Waals surface area contributed by atoms with Crippen LogP contribution in [0.1, 0.15) is 17.0 Å². The number of hydrogen-bond acceptors (Lipinski definition) is 5. The second kappa shape index (κ2) is 4.70. The number of aromatic nitrogens is 6. The van der Waals surface area contributed by atoms with Crippen LogP contribution in [0.2, 0.25) is 0 Å². The second-order valence-electron chi connectivity index (χ2n) is 5.51. The van der Waals surface area contributed by atoms with Crippen molar-refractivity contribution in [3.8, 4) is 5.69 Å². The van der Waals surface area contributed by atoms with Gasteiger partial charge in [0.05, 0.1) is 5.69 Å². The molecule has 23 heavy (non-hydrogen) atoms. The Balaban J connectivity index is 2.07. The van der Waals surface area contributed by atoms with Crippen LogP contribution in [-0.4, -0.2) is 29.4 Å². The maximum Gasteiger partial charge on any atom is 0.285 e. The van der Waals surface area contributed by atoms with Gasteiger partial charge in [0.1, 0.15) is 11.3 Å². The predicted octanol–water partition coefficient (Wildman–Crippen LogP) is 1.75. The Labute approximate surface area is 131 Å². The van der Waals surface area contributed by atoms with E-state index < -0.39 is 0 Å². The molecule has 0 radical (unpaired) electrons. The first kappa shape index (κ1) is 13.6. The Hall–Kier alpha value is -3.09. The summed E-state index contributed by atoms with van der Waals surface area (Å²) in [6.07, 6.45) is 1.74. The molecule has 0 bridgehead atoms. The summed E-state index contributed by atoms with van der Waals surface area (Å²) >= 11 is 0. The zero-order chi connectivity index (χ0) is 16.1. The molecule has 0 spiro atoms. The van der Waals surface area contributed by atoms with Gasteiger partial charge in [-0.15, -0.1) is 15.3 Å². The van der Waals surface area contributed by atoms with Gasteiger partial charge in [0.15, 0.2) is 5.52 Å². The molecule has 0 atom stereocenters. The smallest absolute Gasteiger partial charge is 0.282 e. The summed E-state index contributed by atoms with van der Waals surface area (Å²) in [4.78, 5) is 17.0. The van der Waals surface area contributed by atoms with Crippen molar-refractivity contribution in [1.82, 2.24) is 29.4 Å². The molecule has 4 aromatic rings. The van der Waals surface area contributed by atoms with E-state index in [4.69, 9.17) is 0 Å². The zero-order valence-electron chi connectivity index (χ0n) is 13.0. The highest BCUT2D eigenvalue weighted by Gasteiger charge is 2.13. The highest BCUT2D eigenvalue weighted by molar-refractivity contribution is 5.74. The highest BCUT2D eigenvalue weighted by Crippen LogP contribution is 2.17. The lowest BCUT2D eigenvalue weighted by molar-refractivity contribution is 0.903. The summed E-state index contributed by atoms with van der Waals surface area (Å²) in [5.74, 6) is 0.976. The van der Waals surface area contributed by atoms with Crippen molar-refractivity contribution in [2.75, 3.05) is 0 Å². The quantitative estimate of drug-likeness (QED) is 0.535. The molecule has 114 valence electrons. The summed E-state index contributed by atoms with van der Waals surface area (Å²) in [7, 11) is 0. The fraction of sp³-hybridized carbons (Fsp3) is 0.188. The van der Waals surface area contributed by atoms with E-state index in [1.54, 1.807) is 22.2 Å². The lowest BCUT2D eigenvalue weighted by atomic mass is 10.1. The SMILES string of the molecule is Cc1nc2nnc3c(=O)n(-c4cccc(C)c4C)ccc3n2n1. The zero-order valence-corrected chi connectivity index (χ0v) is 13.0. The van der Waals surface area contributed by atoms with Gasteiger partial charge in [-0.25, -0.2) is 0 Å². The molecule has 3 heterocycles. The molecule has 0 fully saturated rings. The van der Waals surface area contributed by atoms with Gasteiger partial charge in [0.25, 0.3) is 11.3 Å². The minimum Gasteiger partial charge on any atom is -0.282 e. The molecule has 0 aliphatic heterocycles. The van der Waals surface area contributed by atoms with E-state index in [9.17, 15) is 4.79 Å². The molecule has 0 N–H and O–H groups in total. The van der Waals surface area contributed by atoms with E-state index >= 15 is 0 Å². The van der Waals surface area contributed by atoms with Crippen LogP contribution in [0.5, 0.6) is 0 Å². The molecule has 0 saturated heterocycles. The Morgan fingerprint density at radius 1 is 1.04 bits per heavy atom. The first-order valence-corrected chi connectivity index (χ1v) is 7.24. The number of nitrogens with zero attached hydrogens (tertiary/aromatic N) is 6. The van der Waals surface area contributed by atoms with Crippen molar-refractivity contribution in [1.29, 1.82) is 0 Å². The first-order valence-electron chi connectivity index (χ1n) is 7.24. The molecule has 3 aromatic heterocycles. The summed E-state index contributed by atoms with van der Waals surface area (Å²) in [5.41, 5.74) is 3.67. The van der Waals surface area contributed by atoms with Gasteiger partial charge < -0.3 is 0 Å². The van der Waals surface area contributed by atoms with Crippen LogP contribution >= 0.6 is 0 Å². The third-order valence-electron chi connectivity index (χ3n) is 4.04. The average molecular weight is 306 g/mol. The third-order valence-corrected chi connectivity index (χ3v) is 4.04. The molecule has 7 nitrogen and oxygen atoms in total. The Morgan fingerprint density at radius 2 is 1.87 bits per heavy atom. The van der Waals surface area contributed by atoms with Crippen molar-refractivity contribution in [2.45, 2.75) is 20.8 Å². The molecule has 7 heteroatoms. The molecule has 0 unspecified atom stereocenters. The minimum atomic E-state index is -0.223. The summed E-state index contributed by atoms with van der Waals surface area (Å²) in [6, 6.07) is 7.69. The van der Waals surface area contributed by atoms with Crippen molar-refractivity contribution in [3.63, 3.8) is 0 Å². The highest BCUT2D eigenvalue weighted by atomic mass is 16.1. The standard InChI is InChI=1S/C16H14N6O/c1-9-5-4-6-12(10(9)2)21-8-7-13-14(15(21)23)18-19-16-17-11(3)20-22(13)16/h4-8H,1-3H3. The predicted molar refractivity (Wildman–Crippen MR) is 85.9 cm³/mol. The lowest BCUT2D eigenvalue weighted by Gasteiger charge is -2.11. The van der Waals surface area contributed by atoms with Crippen LogP contribution in [0.25, 0.3) is 22.5 Å². The number of benzene rings is 1. The maximum absolute atomic E-state index is 12.8. The number of hydrogen-bond donors (Lipinski definition) is 0. The van der Waals surface area contributed by atoms with Crippen molar-refractivity contribution in [3.05, 3.63) is 57.8 Å². The van der Waals surface area contributed by atoms with Gasteiger partial charge in [-0.1, -0.05) is 12.1 Å². The molecule has 1 aromatic carbocycles. The van der Waals surface area contributed by atoms with Gasteiger partial charge >= 0.3 is 0 Å². The Kier molecular flexibility index (Phi) is 2.77. The second-order valence-corrected chi connectivity index (χ2v) is 5.51. The van der Waals surface area contributed by atoms with Gasteiger partial charge in [-0.2, -0.15) is 9.50 Å². The largest absolute Gasteiger partial charge is 0.285 e. The van der Waals surface area contributed by atoms with Gasteiger partial charge in [-0.05, 0) is 44.0 Å². The van der Waals surface area contributed by atoms with E-state index in [1.807, 2.05) is 38.1 Å². The van der Waals surface area contributed by atoms with Crippen LogP contribution in [0.4, 0.5) is 0 Å². The van der Waals surface area contributed by atoms with Crippen molar-refractivity contribution >= 4 is 16.8 Å². The van der Waals surface area contributed by atoms with Crippen LogP contribution in [0.3, 0.4) is 0 Å². The number of rotatable bonds is 1. The molecule has 0 aliphatic rings. The first-order chi connectivity index (χ1) is 11.1. The monoisotopic (exact) mass is 306 g/mol. The van der Waals surface area contributed by atoms with Crippen LogP contribution in [-0.2, 0) is 0 Å². The third kappa shape index (κ3) is 1.93. The molecule has 4 rings (SSSR count). The summed E-state index contributed by atoms with van der Waals surface area (Å²) in [6.45, 7) is 5.79. The normalized spacial score (nSPS) is 11.4. The van der Waals surface area contributed by atoms with Gasteiger partial charge in [0.2, 0.25) is 0 Å². The average Bonchev–Trinajstić information content (AvgIpc) is 2.91. The fourth-order valence-electron chi connectivity index (χ4n) is 2.69. The summed E-state index contributed by atoms with van der Waals surface area (Å²) < 4.78 is 3.14. The number of pyridine rings is 1. The van der Waals surface area contributed by atoms with E-state index in [0.717, 1.165) is 16.8 Å². The van der Waals surface area contributed by atoms with Crippen LogP contribution in [0.15, 0.2) is 35.3 Å². The van der Waals surface area contributed by atoms with E-state index in [-0.39, 0.29) is 11.1 Å². The van der Waals surface area contributed by atoms with Gasteiger partial charge in [-0.3, -0.25) is 9.36 Å². The van der Waals surface area contributed by atoms with E-state index in [1.165, 1.54) is 0 Å². The van der Waals surface area contributed by atoms with Crippen LogP contribution < -0.4 is 5.56 Å². The molecule has 0 amide bonds. The van der Waals surface area contributed by atoms with Crippen molar-refractivity contribution < 1.29 is 0 Å². The summed E-state index contributed by atoms with van der Waals surface area (Å²) in [5, 5.41) is 12.3. The molecular weight excluding hydrogens is 292 g/mol.